The maximum atomic E-state index is 11.5. The summed E-state index contributed by atoms with van der Waals surface area (Å²) >= 11 is 0. The first-order chi connectivity index (χ1) is 6.65. The quantitative estimate of drug-likeness (QED) is 0.687. The number of hydrogen-bond acceptors (Lipinski definition) is 2. The highest BCUT2D eigenvalue weighted by molar-refractivity contribution is 5.90. The predicted molar refractivity (Wildman–Crippen MR) is 52.4 cm³/mol. The Bertz CT molecular complexity index is 274. The van der Waals surface area contributed by atoms with E-state index in [4.69, 9.17) is 5.73 Å². The minimum absolute atomic E-state index is 0.224. The minimum Gasteiger partial charge on any atom is -0.369 e. The molecule has 2 atom stereocenters. The zero-order chi connectivity index (χ0) is 10.2. The summed E-state index contributed by atoms with van der Waals surface area (Å²) in [6.45, 7) is 0. The first-order valence-electron chi connectivity index (χ1n) is 5.47. The summed E-state index contributed by atoms with van der Waals surface area (Å²) in [6.07, 6.45) is 6.09. The van der Waals surface area contributed by atoms with E-state index < -0.39 is 5.41 Å². The van der Waals surface area contributed by atoms with Crippen LogP contribution in [-0.4, -0.2) is 11.7 Å². The molecule has 0 heterocycles. The number of hydrogen-bond donors (Lipinski definition) is 1. The van der Waals surface area contributed by atoms with Crippen molar-refractivity contribution in [3.8, 4) is 0 Å². The first-order valence-corrected chi connectivity index (χ1v) is 5.47. The second-order valence-electron chi connectivity index (χ2n) is 4.72. The van der Waals surface area contributed by atoms with Gasteiger partial charge in [-0.25, -0.2) is 0 Å². The number of carbonyl (C=O) groups is 2. The van der Waals surface area contributed by atoms with Crippen molar-refractivity contribution in [3.05, 3.63) is 0 Å². The molecule has 2 fully saturated rings. The maximum absolute atomic E-state index is 11.5. The molecule has 2 rings (SSSR count). The summed E-state index contributed by atoms with van der Waals surface area (Å²) in [4.78, 5) is 22.9. The molecular weight excluding hydrogens is 178 g/mol. The topological polar surface area (TPSA) is 60.2 Å². The Kier molecular flexibility index (Phi) is 2.33. The van der Waals surface area contributed by atoms with Crippen molar-refractivity contribution in [2.24, 2.45) is 17.1 Å². The third-order valence-corrected chi connectivity index (χ3v) is 3.98. The molecule has 2 aliphatic rings. The van der Waals surface area contributed by atoms with Gasteiger partial charge in [-0.1, -0.05) is 12.8 Å². The van der Waals surface area contributed by atoms with E-state index in [0.29, 0.717) is 18.8 Å². The van der Waals surface area contributed by atoms with Crippen LogP contribution in [-0.2, 0) is 9.59 Å². The Morgan fingerprint density at radius 1 is 1.36 bits per heavy atom. The van der Waals surface area contributed by atoms with Crippen LogP contribution in [0.1, 0.15) is 44.9 Å². The van der Waals surface area contributed by atoms with E-state index in [-0.39, 0.29) is 11.7 Å². The number of carbonyl (C=O) groups excluding carboxylic acids is 2. The minimum atomic E-state index is -0.465. The molecule has 0 radical (unpaired) electrons. The lowest BCUT2D eigenvalue weighted by atomic mass is 9.59. The lowest BCUT2D eigenvalue weighted by Crippen LogP contribution is -2.49. The van der Waals surface area contributed by atoms with E-state index in [1.165, 1.54) is 6.42 Å². The Morgan fingerprint density at radius 3 is 2.86 bits per heavy atom. The summed E-state index contributed by atoms with van der Waals surface area (Å²) in [5, 5.41) is 0. The van der Waals surface area contributed by atoms with Gasteiger partial charge in [0.05, 0.1) is 5.41 Å². The second-order valence-corrected chi connectivity index (χ2v) is 4.72. The molecule has 0 saturated heterocycles. The lowest BCUT2D eigenvalue weighted by molar-refractivity contribution is -0.143. The van der Waals surface area contributed by atoms with Crippen LogP contribution in [0, 0.1) is 11.3 Å². The summed E-state index contributed by atoms with van der Waals surface area (Å²) in [5.74, 6) is 0.364. The van der Waals surface area contributed by atoms with Crippen LogP contribution in [0.25, 0.3) is 0 Å². The average Bonchev–Trinajstić information content (AvgIpc) is 2.17. The molecule has 3 heteroatoms. The van der Waals surface area contributed by atoms with E-state index in [9.17, 15) is 9.59 Å². The molecule has 14 heavy (non-hydrogen) atoms. The SMILES string of the molecule is NC(=O)C12CCCCC1CCC(=O)C2. The van der Waals surface area contributed by atoms with Crippen molar-refractivity contribution in [2.45, 2.75) is 44.9 Å². The van der Waals surface area contributed by atoms with Gasteiger partial charge in [-0.15, -0.1) is 0 Å². The van der Waals surface area contributed by atoms with Crippen LogP contribution in [0.2, 0.25) is 0 Å². The number of rotatable bonds is 1. The van der Waals surface area contributed by atoms with Crippen molar-refractivity contribution in [1.29, 1.82) is 0 Å². The normalized spacial score (nSPS) is 37.7. The number of fused-ring (bicyclic) bond motifs is 1. The zero-order valence-electron chi connectivity index (χ0n) is 8.42. The van der Waals surface area contributed by atoms with Crippen LogP contribution in [0.5, 0.6) is 0 Å². The molecule has 0 aromatic carbocycles. The molecular formula is C11H17NO2. The van der Waals surface area contributed by atoms with Crippen molar-refractivity contribution < 1.29 is 9.59 Å². The fourth-order valence-corrected chi connectivity index (χ4v) is 3.15. The molecule has 2 aliphatic carbocycles. The van der Waals surface area contributed by atoms with Crippen LogP contribution in [0.15, 0.2) is 0 Å². The number of primary amides is 1. The van der Waals surface area contributed by atoms with Gasteiger partial charge in [-0.3, -0.25) is 9.59 Å². The fourth-order valence-electron chi connectivity index (χ4n) is 3.15. The molecule has 2 saturated carbocycles. The molecule has 0 bridgehead atoms. The Hall–Kier alpha value is -0.860. The highest BCUT2D eigenvalue weighted by Gasteiger charge is 2.48. The Balaban J connectivity index is 2.27. The molecule has 78 valence electrons. The predicted octanol–water partition coefficient (Wildman–Crippen LogP) is 1.40. The molecule has 1 amide bonds. The summed E-state index contributed by atoms with van der Waals surface area (Å²) in [7, 11) is 0. The number of amides is 1. The van der Waals surface area contributed by atoms with E-state index in [1.807, 2.05) is 0 Å². The van der Waals surface area contributed by atoms with E-state index in [0.717, 1.165) is 25.7 Å². The van der Waals surface area contributed by atoms with E-state index in [1.54, 1.807) is 0 Å². The maximum Gasteiger partial charge on any atom is 0.224 e. The average molecular weight is 195 g/mol. The van der Waals surface area contributed by atoms with Crippen LogP contribution < -0.4 is 5.73 Å². The molecule has 2 unspecified atom stereocenters. The van der Waals surface area contributed by atoms with Crippen LogP contribution >= 0.6 is 0 Å². The van der Waals surface area contributed by atoms with Crippen LogP contribution in [0.4, 0.5) is 0 Å². The van der Waals surface area contributed by atoms with Gasteiger partial charge in [0.2, 0.25) is 5.91 Å². The van der Waals surface area contributed by atoms with Gasteiger partial charge < -0.3 is 5.73 Å². The van der Waals surface area contributed by atoms with Gasteiger partial charge in [0.25, 0.3) is 0 Å². The third kappa shape index (κ3) is 1.35. The van der Waals surface area contributed by atoms with Gasteiger partial charge in [0.15, 0.2) is 0 Å². The standard InChI is InChI=1S/C11H17NO2/c12-10(14)11-6-2-1-3-8(11)4-5-9(13)7-11/h8H,1-7H2,(H2,12,14). The molecule has 0 aliphatic heterocycles. The third-order valence-electron chi connectivity index (χ3n) is 3.98. The molecule has 2 N–H and O–H groups in total. The second kappa shape index (κ2) is 3.37. The van der Waals surface area contributed by atoms with Gasteiger partial charge in [0.1, 0.15) is 5.78 Å². The smallest absolute Gasteiger partial charge is 0.224 e. The van der Waals surface area contributed by atoms with Crippen molar-refractivity contribution in [3.63, 3.8) is 0 Å². The Labute approximate surface area is 84.0 Å². The molecule has 0 aromatic heterocycles. The van der Waals surface area contributed by atoms with E-state index in [2.05, 4.69) is 0 Å². The monoisotopic (exact) mass is 195 g/mol. The Morgan fingerprint density at radius 2 is 2.14 bits per heavy atom. The number of nitrogens with two attached hydrogens (primary N) is 1. The lowest BCUT2D eigenvalue weighted by Gasteiger charge is -2.44. The van der Waals surface area contributed by atoms with Gasteiger partial charge >= 0.3 is 0 Å². The van der Waals surface area contributed by atoms with Gasteiger partial charge in [-0.2, -0.15) is 0 Å². The number of ketones is 1. The van der Waals surface area contributed by atoms with E-state index >= 15 is 0 Å². The van der Waals surface area contributed by atoms with Gasteiger partial charge in [-0.05, 0) is 25.2 Å². The zero-order valence-corrected chi connectivity index (χ0v) is 8.42. The van der Waals surface area contributed by atoms with Crippen molar-refractivity contribution in [1.82, 2.24) is 0 Å². The van der Waals surface area contributed by atoms with Gasteiger partial charge in [0, 0.05) is 12.8 Å². The van der Waals surface area contributed by atoms with Crippen molar-refractivity contribution >= 4 is 11.7 Å². The molecule has 0 spiro atoms. The molecule has 0 aromatic rings. The highest BCUT2D eigenvalue weighted by atomic mass is 16.1. The fraction of sp³-hybridized carbons (Fsp3) is 0.818. The highest BCUT2D eigenvalue weighted by Crippen LogP contribution is 2.49. The van der Waals surface area contributed by atoms with Crippen molar-refractivity contribution in [2.75, 3.05) is 0 Å². The first kappa shape index (κ1) is 9.69. The number of Topliss-reactive ketones (excluding diaryl/α,β-unsaturated/α-hetero) is 1. The molecule has 3 nitrogen and oxygen atoms in total. The summed E-state index contributed by atoms with van der Waals surface area (Å²) < 4.78 is 0. The largest absolute Gasteiger partial charge is 0.369 e. The van der Waals surface area contributed by atoms with Crippen LogP contribution in [0.3, 0.4) is 0 Å². The summed E-state index contributed by atoms with van der Waals surface area (Å²) in [6, 6.07) is 0. The summed E-state index contributed by atoms with van der Waals surface area (Å²) in [5.41, 5.74) is 5.02.